The molecule has 0 spiro atoms. The maximum absolute atomic E-state index is 10.6. The lowest BCUT2D eigenvalue weighted by Gasteiger charge is -2.62. The van der Waals surface area contributed by atoms with Gasteiger partial charge in [-0.2, -0.15) is 0 Å². The molecule has 0 aliphatic heterocycles. The predicted octanol–water partition coefficient (Wildman–Crippen LogP) is 0.994. The molecule has 3 heteroatoms. The average molecular weight is 225 g/mol. The first-order chi connectivity index (χ1) is 7.55. The molecule has 16 heavy (non-hydrogen) atoms. The van der Waals surface area contributed by atoms with E-state index in [9.17, 15) is 5.11 Å². The van der Waals surface area contributed by atoms with Gasteiger partial charge in [-0.3, -0.25) is 4.90 Å². The third-order valence-corrected chi connectivity index (χ3v) is 5.24. The molecule has 4 aliphatic rings. The van der Waals surface area contributed by atoms with Crippen molar-refractivity contribution in [3.05, 3.63) is 0 Å². The van der Waals surface area contributed by atoms with E-state index < -0.39 is 0 Å². The Morgan fingerprint density at radius 3 is 2.31 bits per heavy atom. The maximum atomic E-state index is 10.6. The fraction of sp³-hybridized carbons (Fsp3) is 1.00. The van der Waals surface area contributed by atoms with Crippen molar-refractivity contribution in [3.63, 3.8) is 0 Å². The van der Waals surface area contributed by atoms with Gasteiger partial charge in [0.15, 0.2) is 0 Å². The topological polar surface area (TPSA) is 43.7 Å². The van der Waals surface area contributed by atoms with Crippen molar-refractivity contribution in [2.24, 2.45) is 11.8 Å². The molecule has 4 fully saturated rings. The fourth-order valence-electron chi connectivity index (χ4n) is 5.00. The van der Waals surface area contributed by atoms with Crippen LogP contribution in [0.2, 0.25) is 0 Å². The number of hydrogen-bond donors (Lipinski definition) is 2. The Labute approximate surface area is 97.4 Å². The van der Waals surface area contributed by atoms with Crippen molar-refractivity contribution >= 4 is 0 Å². The van der Waals surface area contributed by atoms with Gasteiger partial charge in [-0.05, 0) is 57.4 Å². The molecule has 0 saturated heterocycles. The molecular formula is C13H23NO2. The molecule has 4 rings (SSSR count). The molecule has 0 heterocycles. The minimum absolute atomic E-state index is 0.196. The monoisotopic (exact) mass is 225 g/mol. The van der Waals surface area contributed by atoms with Gasteiger partial charge in [0, 0.05) is 12.1 Å². The van der Waals surface area contributed by atoms with Crippen LogP contribution < -0.4 is 0 Å². The smallest absolute Gasteiger partial charge is 0.0670 e. The van der Waals surface area contributed by atoms with Crippen LogP contribution in [0.3, 0.4) is 0 Å². The van der Waals surface area contributed by atoms with Crippen LogP contribution in [0.4, 0.5) is 0 Å². The molecule has 0 amide bonds. The van der Waals surface area contributed by atoms with Crippen molar-refractivity contribution in [1.82, 2.24) is 4.90 Å². The Morgan fingerprint density at radius 2 is 1.81 bits per heavy atom. The molecule has 4 saturated carbocycles. The van der Waals surface area contributed by atoms with Crippen LogP contribution >= 0.6 is 0 Å². The molecule has 4 atom stereocenters. The Balaban J connectivity index is 1.86. The van der Waals surface area contributed by atoms with Crippen LogP contribution in [-0.2, 0) is 0 Å². The lowest BCUT2D eigenvalue weighted by Crippen LogP contribution is -2.65. The van der Waals surface area contributed by atoms with Gasteiger partial charge in [-0.15, -0.1) is 0 Å². The third kappa shape index (κ3) is 1.52. The second kappa shape index (κ2) is 3.44. The number of rotatable bonds is 3. The second-order valence-corrected chi connectivity index (χ2v) is 6.55. The summed E-state index contributed by atoms with van der Waals surface area (Å²) in [5.41, 5.74) is -0.185. The summed E-state index contributed by atoms with van der Waals surface area (Å²) < 4.78 is 0. The van der Waals surface area contributed by atoms with Gasteiger partial charge in [-0.25, -0.2) is 0 Å². The highest BCUT2D eigenvalue weighted by Gasteiger charge is 2.58. The molecular weight excluding hydrogens is 202 g/mol. The molecule has 2 unspecified atom stereocenters. The molecule has 4 aliphatic carbocycles. The van der Waals surface area contributed by atoms with Crippen LogP contribution in [0, 0.1) is 11.8 Å². The van der Waals surface area contributed by atoms with Crippen LogP contribution in [0.25, 0.3) is 0 Å². The van der Waals surface area contributed by atoms with E-state index in [0.29, 0.717) is 0 Å². The molecule has 0 radical (unpaired) electrons. The van der Waals surface area contributed by atoms with Gasteiger partial charge >= 0.3 is 0 Å². The van der Waals surface area contributed by atoms with E-state index >= 15 is 0 Å². The van der Waals surface area contributed by atoms with Crippen molar-refractivity contribution in [1.29, 1.82) is 0 Å². The minimum atomic E-state index is -0.381. The van der Waals surface area contributed by atoms with E-state index in [2.05, 4.69) is 11.9 Å². The van der Waals surface area contributed by atoms with Crippen molar-refractivity contribution in [3.8, 4) is 0 Å². The lowest BCUT2D eigenvalue weighted by atomic mass is 9.50. The van der Waals surface area contributed by atoms with Gasteiger partial charge < -0.3 is 10.2 Å². The number of likely N-dealkylation sites (N-methyl/N-ethyl adjacent to an activating group) is 1. The summed E-state index contributed by atoms with van der Waals surface area (Å²) in [6, 6.07) is 0. The van der Waals surface area contributed by atoms with Gasteiger partial charge in [0.25, 0.3) is 0 Å². The van der Waals surface area contributed by atoms with Crippen LogP contribution in [-0.4, -0.2) is 46.5 Å². The highest BCUT2D eigenvalue weighted by atomic mass is 16.3. The zero-order valence-electron chi connectivity index (χ0n) is 10.2. The Hall–Kier alpha value is -0.120. The first-order valence-electron chi connectivity index (χ1n) is 6.60. The van der Waals surface area contributed by atoms with E-state index in [1.807, 2.05) is 0 Å². The summed E-state index contributed by atoms with van der Waals surface area (Å²) >= 11 is 0. The first-order valence-corrected chi connectivity index (χ1v) is 6.60. The Bertz CT molecular complexity index is 278. The molecule has 0 aromatic carbocycles. The molecule has 2 N–H and O–H groups in total. The van der Waals surface area contributed by atoms with Crippen LogP contribution in [0.1, 0.15) is 38.5 Å². The normalized spacial score (nSPS) is 50.2. The van der Waals surface area contributed by atoms with Gasteiger partial charge in [0.1, 0.15) is 0 Å². The maximum Gasteiger partial charge on any atom is 0.0670 e. The summed E-state index contributed by atoms with van der Waals surface area (Å²) in [5.74, 6) is 1.46. The number of nitrogens with zero attached hydrogens (tertiary/aromatic N) is 1. The highest BCUT2D eigenvalue weighted by Crippen LogP contribution is 2.59. The molecule has 0 aromatic rings. The van der Waals surface area contributed by atoms with Crippen molar-refractivity contribution in [2.75, 3.05) is 20.2 Å². The zero-order valence-corrected chi connectivity index (χ0v) is 10.2. The Morgan fingerprint density at radius 1 is 1.19 bits per heavy atom. The standard InChI is InChI=1S/C13H23NO2/c1-14(2-3-15)12-5-10-4-11(6-12)8-13(16,7-10)9-12/h10-11,15-16H,2-9H2,1H3/t10-,11+,12?,13?. The summed E-state index contributed by atoms with van der Waals surface area (Å²) in [5, 5.41) is 19.7. The number of hydrogen-bond acceptors (Lipinski definition) is 3. The van der Waals surface area contributed by atoms with E-state index in [0.717, 1.165) is 37.6 Å². The van der Waals surface area contributed by atoms with Gasteiger partial charge in [0.05, 0.1) is 12.2 Å². The molecule has 0 aromatic heterocycles. The largest absolute Gasteiger partial charge is 0.395 e. The minimum Gasteiger partial charge on any atom is -0.395 e. The second-order valence-electron chi connectivity index (χ2n) is 6.55. The summed E-state index contributed by atoms with van der Waals surface area (Å²) in [4.78, 5) is 2.31. The number of aliphatic hydroxyl groups is 2. The van der Waals surface area contributed by atoms with Crippen LogP contribution in [0.5, 0.6) is 0 Å². The molecule has 92 valence electrons. The van der Waals surface area contributed by atoms with Crippen molar-refractivity contribution in [2.45, 2.75) is 49.7 Å². The number of β-amino-alcohol motifs (C(OH)–C–C–N with tert-alkyl or cyclic N) is 1. The zero-order chi connectivity index (χ0) is 11.4. The van der Waals surface area contributed by atoms with E-state index in [1.165, 1.54) is 19.3 Å². The molecule has 3 nitrogen and oxygen atoms in total. The lowest BCUT2D eigenvalue weighted by molar-refractivity contribution is -0.172. The first kappa shape index (κ1) is 11.0. The summed E-state index contributed by atoms with van der Waals surface area (Å²) in [7, 11) is 2.12. The van der Waals surface area contributed by atoms with E-state index in [1.54, 1.807) is 0 Å². The predicted molar refractivity (Wildman–Crippen MR) is 62.1 cm³/mol. The quantitative estimate of drug-likeness (QED) is 0.753. The van der Waals surface area contributed by atoms with E-state index in [-0.39, 0.29) is 17.7 Å². The van der Waals surface area contributed by atoms with E-state index in [4.69, 9.17) is 5.11 Å². The fourth-order valence-corrected chi connectivity index (χ4v) is 5.00. The molecule has 4 bridgehead atoms. The average Bonchev–Trinajstić information content (AvgIpc) is 2.13. The number of aliphatic hydroxyl groups excluding tert-OH is 1. The summed E-state index contributed by atoms with van der Waals surface area (Å²) in [6.45, 7) is 0.974. The SMILES string of the molecule is CN(CCO)C12C[C@@H]3C[C@@H](CC(O)(C3)C1)C2. The Kier molecular flexibility index (Phi) is 2.36. The highest BCUT2D eigenvalue weighted by molar-refractivity contribution is 5.12. The van der Waals surface area contributed by atoms with Crippen LogP contribution in [0.15, 0.2) is 0 Å². The third-order valence-electron chi connectivity index (χ3n) is 5.24. The summed E-state index contributed by atoms with van der Waals surface area (Å²) in [6.07, 6.45) is 6.79. The van der Waals surface area contributed by atoms with Gasteiger partial charge in [-0.1, -0.05) is 0 Å². The van der Waals surface area contributed by atoms with Gasteiger partial charge in [0.2, 0.25) is 0 Å². The van der Waals surface area contributed by atoms with Crippen molar-refractivity contribution < 1.29 is 10.2 Å².